The molecule has 0 bridgehead atoms. The van der Waals surface area contributed by atoms with Crippen LogP contribution in [-0.2, 0) is 14.6 Å². The van der Waals surface area contributed by atoms with Gasteiger partial charge in [-0.05, 0) is 25.2 Å². The Kier molecular flexibility index (Phi) is 5.16. The molecule has 106 valence electrons. The fourth-order valence-corrected chi connectivity index (χ4v) is 2.97. The van der Waals surface area contributed by atoms with Crippen LogP contribution in [0.5, 0.6) is 0 Å². The summed E-state index contributed by atoms with van der Waals surface area (Å²) < 4.78 is 22.2. The molecule has 18 heavy (non-hydrogen) atoms. The van der Waals surface area contributed by atoms with E-state index in [2.05, 4.69) is 6.92 Å². The lowest BCUT2D eigenvalue weighted by molar-refractivity contribution is -0.135. The van der Waals surface area contributed by atoms with Gasteiger partial charge in [0.25, 0.3) is 0 Å². The lowest BCUT2D eigenvalue weighted by Gasteiger charge is -2.33. The molecular formula is C12H24N2O3S. The number of hydrogen-bond acceptors (Lipinski definition) is 4. The Labute approximate surface area is 110 Å². The second-order valence-corrected chi connectivity index (χ2v) is 7.80. The molecule has 3 atom stereocenters. The van der Waals surface area contributed by atoms with Gasteiger partial charge in [0, 0.05) is 31.8 Å². The van der Waals surface area contributed by atoms with Gasteiger partial charge in [-0.2, -0.15) is 0 Å². The largest absolute Gasteiger partial charge is 0.345 e. The molecule has 0 aliphatic heterocycles. The molecule has 2 N–H and O–H groups in total. The van der Waals surface area contributed by atoms with Crippen LogP contribution >= 0.6 is 0 Å². The predicted octanol–water partition coefficient (Wildman–Crippen LogP) is 0.253. The van der Waals surface area contributed by atoms with Crippen LogP contribution in [0.15, 0.2) is 0 Å². The van der Waals surface area contributed by atoms with Crippen LogP contribution in [0.25, 0.3) is 0 Å². The Morgan fingerprint density at radius 3 is 2.50 bits per heavy atom. The van der Waals surface area contributed by atoms with Gasteiger partial charge in [0.15, 0.2) is 0 Å². The maximum Gasteiger partial charge on any atom is 0.225 e. The van der Waals surface area contributed by atoms with E-state index in [1.807, 2.05) is 0 Å². The predicted molar refractivity (Wildman–Crippen MR) is 71.8 cm³/mol. The van der Waals surface area contributed by atoms with Gasteiger partial charge in [-0.3, -0.25) is 4.79 Å². The zero-order valence-electron chi connectivity index (χ0n) is 11.4. The Morgan fingerprint density at radius 2 is 2.00 bits per heavy atom. The third-order valence-corrected chi connectivity index (χ3v) is 4.68. The first-order valence-corrected chi connectivity index (χ1v) is 8.45. The SMILES string of the molecule is CC1CC(C(=O)N(C)CCS(C)(=O)=O)CCC1N. The number of nitrogens with zero attached hydrogens (tertiary/aromatic N) is 1. The van der Waals surface area contributed by atoms with Crippen molar-refractivity contribution < 1.29 is 13.2 Å². The number of amides is 1. The maximum atomic E-state index is 12.2. The first-order chi connectivity index (χ1) is 8.20. The van der Waals surface area contributed by atoms with Crippen LogP contribution in [0.4, 0.5) is 0 Å². The number of carbonyl (C=O) groups excluding carboxylic acids is 1. The molecule has 5 nitrogen and oxygen atoms in total. The van der Waals surface area contributed by atoms with Gasteiger partial charge in [-0.1, -0.05) is 6.92 Å². The van der Waals surface area contributed by atoms with Gasteiger partial charge in [0.1, 0.15) is 9.84 Å². The normalized spacial score (nSPS) is 29.0. The second-order valence-electron chi connectivity index (χ2n) is 5.54. The first kappa shape index (κ1) is 15.4. The van der Waals surface area contributed by atoms with E-state index in [1.54, 1.807) is 7.05 Å². The topological polar surface area (TPSA) is 80.5 Å². The van der Waals surface area contributed by atoms with E-state index in [-0.39, 0.29) is 30.2 Å². The molecule has 0 aromatic carbocycles. The average molecular weight is 276 g/mol. The van der Waals surface area contributed by atoms with Crippen molar-refractivity contribution in [3.05, 3.63) is 0 Å². The highest BCUT2D eigenvalue weighted by Crippen LogP contribution is 2.29. The molecule has 0 radical (unpaired) electrons. The monoisotopic (exact) mass is 276 g/mol. The summed E-state index contributed by atoms with van der Waals surface area (Å²) in [6.07, 6.45) is 3.68. The van der Waals surface area contributed by atoms with E-state index in [9.17, 15) is 13.2 Å². The number of rotatable bonds is 4. The van der Waals surface area contributed by atoms with Crippen molar-refractivity contribution in [2.75, 3.05) is 25.6 Å². The second kappa shape index (κ2) is 6.02. The Hall–Kier alpha value is -0.620. The minimum atomic E-state index is -3.02. The van der Waals surface area contributed by atoms with Crippen molar-refractivity contribution in [3.63, 3.8) is 0 Å². The summed E-state index contributed by atoms with van der Waals surface area (Å²) in [6, 6.07) is 0.190. The molecule has 0 aromatic heterocycles. The highest BCUT2D eigenvalue weighted by Gasteiger charge is 2.31. The Balaban J connectivity index is 2.49. The molecule has 1 rings (SSSR count). The van der Waals surface area contributed by atoms with Crippen LogP contribution in [-0.4, -0.2) is 50.9 Å². The summed E-state index contributed by atoms with van der Waals surface area (Å²) >= 11 is 0. The number of nitrogens with two attached hydrogens (primary N) is 1. The molecule has 0 aromatic rings. The number of carbonyl (C=O) groups is 1. The molecule has 6 heteroatoms. The molecule has 1 aliphatic carbocycles. The van der Waals surface area contributed by atoms with Crippen LogP contribution in [0.2, 0.25) is 0 Å². The summed E-state index contributed by atoms with van der Waals surface area (Å²) in [4.78, 5) is 13.7. The third kappa shape index (κ3) is 4.57. The van der Waals surface area contributed by atoms with Crippen molar-refractivity contribution in [1.29, 1.82) is 0 Å². The first-order valence-electron chi connectivity index (χ1n) is 6.39. The van der Waals surface area contributed by atoms with E-state index in [0.717, 1.165) is 19.3 Å². The Bertz CT molecular complexity index is 394. The minimum absolute atomic E-state index is 0.00404. The molecule has 1 fully saturated rings. The van der Waals surface area contributed by atoms with Gasteiger partial charge in [-0.25, -0.2) is 8.42 Å². The van der Waals surface area contributed by atoms with Crippen LogP contribution in [0.1, 0.15) is 26.2 Å². The van der Waals surface area contributed by atoms with Crippen molar-refractivity contribution in [2.45, 2.75) is 32.2 Å². The fraction of sp³-hybridized carbons (Fsp3) is 0.917. The van der Waals surface area contributed by atoms with E-state index in [1.165, 1.54) is 11.2 Å². The Morgan fingerprint density at radius 1 is 1.39 bits per heavy atom. The van der Waals surface area contributed by atoms with Gasteiger partial charge >= 0.3 is 0 Å². The molecule has 0 heterocycles. The van der Waals surface area contributed by atoms with E-state index < -0.39 is 9.84 Å². The summed E-state index contributed by atoms with van der Waals surface area (Å²) in [5.74, 6) is 0.439. The van der Waals surface area contributed by atoms with Crippen molar-refractivity contribution in [1.82, 2.24) is 4.90 Å². The van der Waals surface area contributed by atoms with E-state index in [0.29, 0.717) is 5.92 Å². The number of hydrogen-bond donors (Lipinski definition) is 1. The smallest absolute Gasteiger partial charge is 0.225 e. The van der Waals surface area contributed by atoms with Crippen molar-refractivity contribution in [3.8, 4) is 0 Å². The van der Waals surface area contributed by atoms with Crippen molar-refractivity contribution in [2.24, 2.45) is 17.6 Å². The average Bonchev–Trinajstić information content (AvgIpc) is 2.27. The summed E-state index contributed by atoms with van der Waals surface area (Å²) in [6.45, 7) is 2.34. The quantitative estimate of drug-likeness (QED) is 0.798. The maximum absolute atomic E-state index is 12.2. The fourth-order valence-electron chi connectivity index (χ4n) is 2.37. The number of sulfone groups is 1. The highest BCUT2D eigenvalue weighted by atomic mass is 32.2. The van der Waals surface area contributed by atoms with Gasteiger partial charge in [-0.15, -0.1) is 0 Å². The molecule has 1 amide bonds. The van der Waals surface area contributed by atoms with Crippen LogP contribution in [0.3, 0.4) is 0 Å². The van der Waals surface area contributed by atoms with Crippen LogP contribution < -0.4 is 5.73 Å². The molecule has 1 saturated carbocycles. The molecule has 0 saturated heterocycles. The minimum Gasteiger partial charge on any atom is -0.345 e. The van der Waals surface area contributed by atoms with E-state index >= 15 is 0 Å². The summed E-state index contributed by atoms with van der Waals surface area (Å²) in [5, 5.41) is 0. The summed E-state index contributed by atoms with van der Waals surface area (Å²) in [5.41, 5.74) is 5.93. The standard InChI is InChI=1S/C12H24N2O3S/c1-9-8-10(4-5-11(9)13)12(15)14(2)6-7-18(3,16)17/h9-11H,4-8,13H2,1-3H3. The molecular weight excluding hydrogens is 252 g/mol. The summed E-state index contributed by atoms with van der Waals surface area (Å²) in [7, 11) is -1.34. The molecule has 3 unspecified atom stereocenters. The van der Waals surface area contributed by atoms with E-state index in [4.69, 9.17) is 5.73 Å². The highest BCUT2D eigenvalue weighted by molar-refractivity contribution is 7.90. The van der Waals surface area contributed by atoms with Gasteiger partial charge < -0.3 is 10.6 Å². The zero-order valence-corrected chi connectivity index (χ0v) is 12.2. The molecule has 0 spiro atoms. The lowest BCUT2D eigenvalue weighted by atomic mass is 9.79. The van der Waals surface area contributed by atoms with Crippen LogP contribution in [0, 0.1) is 11.8 Å². The van der Waals surface area contributed by atoms with Gasteiger partial charge in [0.2, 0.25) is 5.91 Å². The molecule has 1 aliphatic rings. The third-order valence-electron chi connectivity index (χ3n) is 3.76. The zero-order chi connectivity index (χ0) is 13.9. The van der Waals surface area contributed by atoms with Gasteiger partial charge in [0.05, 0.1) is 5.75 Å². The lowest BCUT2D eigenvalue weighted by Crippen LogP contribution is -2.42. The van der Waals surface area contributed by atoms with Crippen molar-refractivity contribution >= 4 is 15.7 Å².